The van der Waals surface area contributed by atoms with Crippen LogP contribution >= 0.6 is 11.6 Å². The molecular weight excluding hydrogens is 214 g/mol. The van der Waals surface area contributed by atoms with Gasteiger partial charge in [0.15, 0.2) is 0 Å². The second kappa shape index (κ2) is 6.30. The summed E-state index contributed by atoms with van der Waals surface area (Å²) in [6, 6.07) is 7.07. The van der Waals surface area contributed by atoms with Crippen LogP contribution in [-0.4, -0.2) is 11.7 Å². The van der Waals surface area contributed by atoms with E-state index in [0.717, 1.165) is 5.56 Å². The quantitative estimate of drug-likeness (QED) is 0.355. The van der Waals surface area contributed by atoms with E-state index >= 15 is 0 Å². The van der Waals surface area contributed by atoms with Crippen LogP contribution in [0.15, 0.2) is 29.4 Å². The van der Waals surface area contributed by atoms with Gasteiger partial charge in [0.25, 0.3) is 0 Å². The summed E-state index contributed by atoms with van der Waals surface area (Å²) >= 11 is 5.73. The van der Waals surface area contributed by atoms with Gasteiger partial charge in [-0.05, 0) is 36.1 Å². The lowest BCUT2D eigenvalue weighted by molar-refractivity contribution is 0.165. The Kier molecular flexibility index (Phi) is 4.98. The first kappa shape index (κ1) is 11.9. The van der Waals surface area contributed by atoms with Crippen LogP contribution in [0.4, 0.5) is 0 Å². The number of hydrogen-bond acceptors (Lipinski definition) is 2. The highest BCUT2D eigenvalue weighted by atomic mass is 35.5. The molecule has 1 aromatic rings. The fourth-order valence-electron chi connectivity index (χ4n) is 1.25. The average Bonchev–Trinajstić information content (AvgIpc) is 2.25. The first-order valence-electron chi connectivity index (χ1n) is 4.68. The molecule has 1 rings (SSSR count). The second-order valence-electron chi connectivity index (χ2n) is 3.16. The van der Waals surface area contributed by atoms with E-state index in [1.54, 1.807) is 24.3 Å². The molecule has 1 atom stereocenters. The van der Waals surface area contributed by atoms with Gasteiger partial charge in [-0.25, -0.2) is 0 Å². The lowest BCUT2D eigenvalue weighted by Crippen LogP contribution is -1.97. The number of aliphatic hydroxyl groups is 1. The maximum atomic E-state index is 9.73. The highest BCUT2D eigenvalue weighted by Crippen LogP contribution is 2.20. The predicted molar refractivity (Wildman–Crippen MR) is 59.7 cm³/mol. The van der Waals surface area contributed by atoms with Gasteiger partial charge in [0.05, 0.1) is 6.10 Å². The van der Waals surface area contributed by atoms with Gasteiger partial charge in [-0.1, -0.05) is 28.8 Å². The number of azide groups is 1. The van der Waals surface area contributed by atoms with Crippen molar-refractivity contribution >= 4 is 11.6 Å². The Hall–Kier alpha value is -1.22. The van der Waals surface area contributed by atoms with Crippen molar-refractivity contribution in [2.24, 2.45) is 5.11 Å². The molecule has 0 heterocycles. The summed E-state index contributed by atoms with van der Waals surface area (Å²) in [5.74, 6) is 0. The molecule has 4 nitrogen and oxygen atoms in total. The zero-order chi connectivity index (χ0) is 11.1. The molecule has 0 aliphatic carbocycles. The summed E-state index contributed by atoms with van der Waals surface area (Å²) in [7, 11) is 0. The van der Waals surface area contributed by atoms with Crippen molar-refractivity contribution in [2.75, 3.05) is 6.54 Å². The Labute approximate surface area is 93.1 Å². The highest BCUT2D eigenvalue weighted by Gasteiger charge is 2.05. The number of benzene rings is 1. The van der Waals surface area contributed by atoms with E-state index in [-0.39, 0.29) is 0 Å². The minimum Gasteiger partial charge on any atom is -0.388 e. The van der Waals surface area contributed by atoms with E-state index in [1.165, 1.54) is 0 Å². The Morgan fingerprint density at radius 3 is 2.67 bits per heavy atom. The Bertz CT molecular complexity index is 346. The average molecular weight is 226 g/mol. The molecule has 0 bridgehead atoms. The SMILES string of the molecule is [N-]=[N+]=NCCCC(O)c1ccc(Cl)cc1. The van der Waals surface area contributed by atoms with Crippen molar-refractivity contribution in [2.45, 2.75) is 18.9 Å². The molecule has 0 amide bonds. The van der Waals surface area contributed by atoms with Crippen molar-refractivity contribution in [1.29, 1.82) is 0 Å². The first-order valence-corrected chi connectivity index (χ1v) is 5.06. The summed E-state index contributed by atoms with van der Waals surface area (Å²) in [5.41, 5.74) is 8.89. The summed E-state index contributed by atoms with van der Waals surface area (Å²) in [6.45, 7) is 0.418. The second-order valence-corrected chi connectivity index (χ2v) is 3.60. The van der Waals surface area contributed by atoms with Gasteiger partial charge in [-0.2, -0.15) is 0 Å². The van der Waals surface area contributed by atoms with E-state index in [9.17, 15) is 5.11 Å². The maximum absolute atomic E-state index is 9.73. The van der Waals surface area contributed by atoms with E-state index in [4.69, 9.17) is 17.1 Å². The molecule has 15 heavy (non-hydrogen) atoms. The minimum absolute atomic E-state index is 0.418. The summed E-state index contributed by atoms with van der Waals surface area (Å²) in [6.07, 6.45) is 0.741. The zero-order valence-electron chi connectivity index (χ0n) is 8.17. The molecule has 1 N–H and O–H groups in total. The van der Waals surface area contributed by atoms with Crippen LogP contribution in [-0.2, 0) is 0 Å². The number of aliphatic hydroxyl groups excluding tert-OH is 1. The molecule has 0 aliphatic heterocycles. The van der Waals surface area contributed by atoms with Gasteiger partial charge >= 0.3 is 0 Å². The highest BCUT2D eigenvalue weighted by molar-refractivity contribution is 6.30. The van der Waals surface area contributed by atoms with Gasteiger partial charge in [0.2, 0.25) is 0 Å². The third-order valence-electron chi connectivity index (χ3n) is 2.05. The molecule has 0 aliphatic rings. The van der Waals surface area contributed by atoms with Crippen molar-refractivity contribution in [3.05, 3.63) is 45.3 Å². The number of hydrogen-bond donors (Lipinski definition) is 1. The third kappa shape index (κ3) is 4.21. The van der Waals surface area contributed by atoms with Crippen molar-refractivity contribution in [3.63, 3.8) is 0 Å². The zero-order valence-corrected chi connectivity index (χ0v) is 8.93. The molecule has 0 spiro atoms. The maximum Gasteiger partial charge on any atom is 0.0790 e. The van der Waals surface area contributed by atoms with Gasteiger partial charge in [-0.15, -0.1) is 0 Å². The van der Waals surface area contributed by atoms with Crippen molar-refractivity contribution in [1.82, 2.24) is 0 Å². The molecule has 1 aromatic carbocycles. The summed E-state index contributed by atoms with van der Waals surface area (Å²) in [4.78, 5) is 2.64. The minimum atomic E-state index is -0.517. The van der Waals surface area contributed by atoms with Crippen LogP contribution in [0.1, 0.15) is 24.5 Å². The van der Waals surface area contributed by atoms with Crippen LogP contribution in [0.3, 0.4) is 0 Å². The van der Waals surface area contributed by atoms with E-state index in [0.29, 0.717) is 24.4 Å². The molecule has 5 heteroatoms. The van der Waals surface area contributed by atoms with Gasteiger partial charge in [-0.3, -0.25) is 0 Å². The fraction of sp³-hybridized carbons (Fsp3) is 0.400. The van der Waals surface area contributed by atoms with Crippen molar-refractivity contribution < 1.29 is 5.11 Å². The van der Waals surface area contributed by atoms with E-state index < -0.39 is 6.10 Å². The molecule has 0 saturated carbocycles. The Balaban J connectivity index is 2.42. The molecule has 0 fully saturated rings. The first-order chi connectivity index (χ1) is 7.24. The van der Waals surface area contributed by atoms with Crippen molar-refractivity contribution in [3.8, 4) is 0 Å². The number of rotatable bonds is 5. The van der Waals surface area contributed by atoms with Crippen LogP contribution < -0.4 is 0 Å². The van der Waals surface area contributed by atoms with Gasteiger partial charge in [0, 0.05) is 16.5 Å². The Morgan fingerprint density at radius 2 is 2.07 bits per heavy atom. The third-order valence-corrected chi connectivity index (χ3v) is 2.31. The Morgan fingerprint density at radius 1 is 1.40 bits per heavy atom. The number of halogens is 1. The van der Waals surface area contributed by atoms with Crippen LogP contribution in [0.2, 0.25) is 5.02 Å². The molecule has 80 valence electrons. The molecule has 1 unspecified atom stereocenters. The molecular formula is C10H12ClN3O. The lowest BCUT2D eigenvalue weighted by atomic mass is 10.1. The monoisotopic (exact) mass is 225 g/mol. The van der Waals surface area contributed by atoms with E-state index in [2.05, 4.69) is 10.0 Å². The molecule has 0 saturated heterocycles. The summed E-state index contributed by atoms with van der Waals surface area (Å²) < 4.78 is 0. The fourth-order valence-corrected chi connectivity index (χ4v) is 1.38. The normalized spacial score (nSPS) is 11.9. The standard InChI is InChI=1S/C10H12ClN3O/c11-9-5-3-8(4-6-9)10(15)2-1-7-13-14-12/h3-6,10,15H,1-2,7H2. The molecule has 0 radical (unpaired) electrons. The van der Waals surface area contributed by atoms with Crippen LogP contribution in [0.5, 0.6) is 0 Å². The summed E-state index contributed by atoms with van der Waals surface area (Å²) in [5, 5.41) is 13.8. The van der Waals surface area contributed by atoms with Gasteiger partial charge < -0.3 is 5.11 Å². The van der Waals surface area contributed by atoms with Crippen LogP contribution in [0.25, 0.3) is 10.4 Å². The topological polar surface area (TPSA) is 69.0 Å². The molecule has 0 aromatic heterocycles. The van der Waals surface area contributed by atoms with Gasteiger partial charge in [0.1, 0.15) is 0 Å². The predicted octanol–water partition coefficient (Wildman–Crippen LogP) is 3.46. The van der Waals surface area contributed by atoms with E-state index in [1.807, 2.05) is 0 Å². The lowest BCUT2D eigenvalue weighted by Gasteiger charge is -2.09. The number of nitrogens with zero attached hydrogens (tertiary/aromatic N) is 3. The largest absolute Gasteiger partial charge is 0.388 e. The smallest absolute Gasteiger partial charge is 0.0790 e. The van der Waals surface area contributed by atoms with Crippen LogP contribution in [0, 0.1) is 0 Å².